The summed E-state index contributed by atoms with van der Waals surface area (Å²) in [6, 6.07) is 20.8. The Kier molecular flexibility index (Phi) is 5.73. The first kappa shape index (κ1) is 22.5. The number of aliphatic hydroxyl groups excluding tert-OH is 1. The van der Waals surface area contributed by atoms with Gasteiger partial charge >= 0.3 is 0 Å². The van der Waals surface area contributed by atoms with Crippen molar-refractivity contribution in [1.82, 2.24) is 14.5 Å². The number of halogens is 1. The van der Waals surface area contributed by atoms with Crippen LogP contribution in [0, 0.1) is 0 Å². The lowest BCUT2D eigenvalue weighted by Gasteiger charge is -2.19. The number of pyridine rings is 1. The number of ether oxygens (including phenoxy) is 3. The third kappa shape index (κ3) is 3.98. The van der Waals surface area contributed by atoms with E-state index in [2.05, 4.69) is 38.1 Å². The Morgan fingerprint density at radius 2 is 1.63 bits per heavy atom. The number of imidazole rings is 1. The summed E-state index contributed by atoms with van der Waals surface area (Å²) in [4.78, 5) is 9.54. The molecule has 0 amide bonds. The van der Waals surface area contributed by atoms with Crippen molar-refractivity contribution in [3.05, 3.63) is 65.7 Å². The molecule has 1 N–H and O–H groups in total. The second kappa shape index (κ2) is 8.91. The number of aliphatic hydroxyl groups is 1. The van der Waals surface area contributed by atoms with Gasteiger partial charge in [-0.05, 0) is 31.0 Å². The number of hydrogen-bond donors (Lipinski definition) is 1. The summed E-state index contributed by atoms with van der Waals surface area (Å²) < 4.78 is 19.7. The normalized spacial score (nSPS) is 23.8. The first-order chi connectivity index (χ1) is 17.0. The molecular weight excluding hydrogens is 466 g/mol. The summed E-state index contributed by atoms with van der Waals surface area (Å²) in [7, 11) is 0. The van der Waals surface area contributed by atoms with Gasteiger partial charge in [-0.2, -0.15) is 4.98 Å². The van der Waals surface area contributed by atoms with Crippen molar-refractivity contribution < 1.29 is 19.3 Å². The number of rotatable bonds is 5. The van der Waals surface area contributed by atoms with Gasteiger partial charge < -0.3 is 19.3 Å². The highest BCUT2D eigenvalue weighted by Gasteiger charge is 2.49. The fourth-order valence-corrected chi connectivity index (χ4v) is 5.15. The minimum atomic E-state index is -0.631. The maximum Gasteiger partial charge on any atom is 0.299 e. The first-order valence-corrected chi connectivity index (χ1v) is 12.2. The van der Waals surface area contributed by atoms with Gasteiger partial charge in [0.05, 0.1) is 29.4 Å². The molecule has 2 fully saturated rings. The van der Waals surface area contributed by atoms with E-state index in [0.29, 0.717) is 29.0 Å². The largest absolute Gasteiger partial charge is 0.456 e. The molecule has 35 heavy (non-hydrogen) atoms. The maximum atomic E-state index is 10.0. The van der Waals surface area contributed by atoms with Crippen molar-refractivity contribution in [2.75, 3.05) is 13.2 Å². The van der Waals surface area contributed by atoms with Crippen LogP contribution in [0.5, 0.6) is 6.01 Å². The third-order valence-electron chi connectivity index (χ3n) is 6.62. The molecule has 6 rings (SSSR count). The molecule has 2 aliphatic heterocycles. The Morgan fingerprint density at radius 1 is 0.943 bits per heavy atom. The highest BCUT2D eigenvalue weighted by Crippen LogP contribution is 2.35. The topological polar surface area (TPSA) is 78.6 Å². The quantitative estimate of drug-likeness (QED) is 0.427. The van der Waals surface area contributed by atoms with E-state index in [-0.39, 0.29) is 31.0 Å². The number of aromatic nitrogens is 3. The van der Waals surface area contributed by atoms with Crippen LogP contribution in [0.15, 0.2) is 60.7 Å². The van der Waals surface area contributed by atoms with Crippen molar-refractivity contribution in [2.24, 2.45) is 0 Å². The lowest BCUT2D eigenvalue weighted by Crippen LogP contribution is -2.35. The minimum Gasteiger partial charge on any atom is -0.456 e. The van der Waals surface area contributed by atoms with Gasteiger partial charge in [0, 0.05) is 11.6 Å². The van der Waals surface area contributed by atoms with Crippen LogP contribution < -0.4 is 4.74 Å². The molecular formula is C27H26ClN3O4. The summed E-state index contributed by atoms with van der Waals surface area (Å²) in [6.07, 6.45) is -1.67. The van der Waals surface area contributed by atoms with E-state index < -0.39 is 6.10 Å². The lowest BCUT2D eigenvalue weighted by molar-refractivity contribution is 0.00593. The lowest BCUT2D eigenvalue weighted by atomic mass is 10.0. The standard InChI is InChI=1S/C27H26ClN3O4/c1-15(2)31-20-12-19(28)23(18-10-8-17(9-11-18)16-6-4-3-5-7-16)29-26(20)30-27(31)35-22-14-34-24-21(32)13-33-25(22)24/h3-12,15,21-22,24-25,32H,13-14H2,1-2H3. The summed E-state index contributed by atoms with van der Waals surface area (Å²) in [5.74, 6) is 0. The second-order valence-electron chi connectivity index (χ2n) is 9.28. The van der Waals surface area contributed by atoms with Crippen LogP contribution in [-0.2, 0) is 9.47 Å². The Hall–Kier alpha value is -2.97. The van der Waals surface area contributed by atoms with Crippen LogP contribution in [0.1, 0.15) is 19.9 Å². The number of nitrogens with zero attached hydrogens (tertiary/aromatic N) is 3. The molecule has 2 saturated heterocycles. The predicted molar refractivity (Wildman–Crippen MR) is 134 cm³/mol. The van der Waals surface area contributed by atoms with Crippen LogP contribution in [0.25, 0.3) is 33.5 Å². The molecule has 0 radical (unpaired) electrons. The van der Waals surface area contributed by atoms with Crippen LogP contribution in [-0.4, -0.2) is 57.3 Å². The first-order valence-electron chi connectivity index (χ1n) is 11.8. The molecule has 180 valence electrons. The molecule has 4 heterocycles. The Morgan fingerprint density at radius 3 is 2.37 bits per heavy atom. The van der Waals surface area contributed by atoms with Gasteiger partial charge in [0.1, 0.15) is 18.3 Å². The average molecular weight is 492 g/mol. The van der Waals surface area contributed by atoms with Gasteiger partial charge in [0.25, 0.3) is 6.01 Å². The fraction of sp³-hybridized carbons (Fsp3) is 0.333. The zero-order chi connectivity index (χ0) is 24.1. The van der Waals surface area contributed by atoms with Crippen LogP contribution in [0.2, 0.25) is 5.02 Å². The van der Waals surface area contributed by atoms with Crippen LogP contribution in [0.4, 0.5) is 0 Å². The fourth-order valence-electron chi connectivity index (χ4n) is 4.89. The van der Waals surface area contributed by atoms with Gasteiger partial charge in [-0.25, -0.2) is 4.98 Å². The summed E-state index contributed by atoms with van der Waals surface area (Å²) >= 11 is 6.73. The van der Waals surface area contributed by atoms with E-state index in [9.17, 15) is 5.11 Å². The number of hydrogen-bond acceptors (Lipinski definition) is 6. The average Bonchev–Trinajstić information content (AvgIpc) is 3.54. The molecule has 8 heteroatoms. The van der Waals surface area contributed by atoms with E-state index in [1.54, 1.807) is 0 Å². The minimum absolute atomic E-state index is 0.0667. The summed E-state index contributed by atoms with van der Waals surface area (Å²) in [6.45, 7) is 4.70. The van der Waals surface area contributed by atoms with Gasteiger partial charge in [0.15, 0.2) is 11.8 Å². The molecule has 7 nitrogen and oxygen atoms in total. The van der Waals surface area contributed by atoms with Crippen molar-refractivity contribution >= 4 is 22.8 Å². The van der Waals surface area contributed by atoms with Crippen LogP contribution >= 0.6 is 11.6 Å². The number of fused-ring (bicyclic) bond motifs is 2. The van der Waals surface area contributed by atoms with Crippen LogP contribution in [0.3, 0.4) is 0 Å². The van der Waals surface area contributed by atoms with E-state index in [1.165, 1.54) is 0 Å². The van der Waals surface area contributed by atoms with E-state index in [4.69, 9.17) is 35.8 Å². The monoisotopic (exact) mass is 491 g/mol. The van der Waals surface area contributed by atoms with Crippen molar-refractivity contribution in [3.63, 3.8) is 0 Å². The molecule has 4 unspecified atom stereocenters. The molecule has 0 spiro atoms. The summed E-state index contributed by atoms with van der Waals surface area (Å²) in [5.41, 5.74) is 5.23. The zero-order valence-electron chi connectivity index (χ0n) is 19.5. The molecule has 2 aliphatic rings. The molecule has 2 aromatic heterocycles. The van der Waals surface area contributed by atoms with Gasteiger partial charge in [0.2, 0.25) is 0 Å². The molecule has 0 saturated carbocycles. The summed E-state index contributed by atoms with van der Waals surface area (Å²) in [5, 5.41) is 10.6. The van der Waals surface area contributed by atoms with E-state index in [0.717, 1.165) is 22.2 Å². The van der Waals surface area contributed by atoms with Gasteiger partial charge in [-0.1, -0.05) is 66.2 Å². The molecule has 4 aromatic rings. The molecule has 0 bridgehead atoms. The highest BCUT2D eigenvalue weighted by atomic mass is 35.5. The van der Waals surface area contributed by atoms with Crippen molar-refractivity contribution in [1.29, 1.82) is 0 Å². The predicted octanol–water partition coefficient (Wildman–Crippen LogP) is 4.91. The highest BCUT2D eigenvalue weighted by molar-refractivity contribution is 6.33. The molecule has 4 atom stereocenters. The molecule has 2 aromatic carbocycles. The third-order valence-corrected chi connectivity index (χ3v) is 6.91. The Bertz CT molecular complexity index is 1360. The SMILES string of the molecule is CC(C)n1c(OC2COC3C(O)COC23)nc2nc(-c3ccc(-c4ccccc4)cc3)c(Cl)cc21. The van der Waals surface area contributed by atoms with Gasteiger partial charge in [-0.3, -0.25) is 4.57 Å². The smallest absolute Gasteiger partial charge is 0.299 e. The van der Waals surface area contributed by atoms with Crippen molar-refractivity contribution in [2.45, 2.75) is 44.3 Å². The zero-order valence-corrected chi connectivity index (χ0v) is 20.2. The maximum absolute atomic E-state index is 10.0. The van der Waals surface area contributed by atoms with E-state index >= 15 is 0 Å². The van der Waals surface area contributed by atoms with Gasteiger partial charge in [-0.15, -0.1) is 0 Å². The Labute approximate surface area is 208 Å². The van der Waals surface area contributed by atoms with E-state index in [1.807, 2.05) is 41.0 Å². The van der Waals surface area contributed by atoms with Crippen molar-refractivity contribution in [3.8, 4) is 28.4 Å². The second-order valence-corrected chi connectivity index (χ2v) is 9.69. The molecule has 0 aliphatic carbocycles. The Balaban J connectivity index is 1.34. The number of benzene rings is 2.